The second kappa shape index (κ2) is 5.40. The molecule has 14 heavy (non-hydrogen) atoms. The highest BCUT2D eigenvalue weighted by Crippen LogP contribution is 2.18. The SMILES string of the molecule is C=CCN[C@@H](c1ncc[nH]1)[C@H](C)C=C. The second-order valence-corrected chi connectivity index (χ2v) is 3.24. The maximum Gasteiger partial charge on any atom is 0.123 e. The van der Waals surface area contributed by atoms with E-state index in [1.54, 1.807) is 6.20 Å². The van der Waals surface area contributed by atoms with E-state index in [2.05, 4.69) is 35.4 Å². The Bertz CT molecular complexity index is 277. The summed E-state index contributed by atoms with van der Waals surface area (Å²) in [5.41, 5.74) is 0. The van der Waals surface area contributed by atoms with Crippen molar-refractivity contribution >= 4 is 0 Å². The minimum atomic E-state index is 0.181. The first-order valence-corrected chi connectivity index (χ1v) is 4.75. The molecule has 0 radical (unpaired) electrons. The van der Waals surface area contributed by atoms with Gasteiger partial charge in [-0.25, -0.2) is 4.98 Å². The lowest BCUT2D eigenvalue weighted by molar-refractivity contribution is 0.447. The summed E-state index contributed by atoms with van der Waals surface area (Å²) in [5.74, 6) is 1.28. The predicted octanol–water partition coefficient (Wildman–Crippen LogP) is 2.05. The zero-order valence-corrected chi connectivity index (χ0v) is 8.53. The van der Waals surface area contributed by atoms with E-state index in [4.69, 9.17) is 0 Å². The first-order valence-electron chi connectivity index (χ1n) is 4.75. The van der Waals surface area contributed by atoms with E-state index in [9.17, 15) is 0 Å². The summed E-state index contributed by atoms with van der Waals surface area (Å²) < 4.78 is 0. The summed E-state index contributed by atoms with van der Waals surface area (Å²) in [6, 6.07) is 0.181. The highest BCUT2D eigenvalue weighted by atomic mass is 15.0. The van der Waals surface area contributed by atoms with Crippen molar-refractivity contribution in [1.29, 1.82) is 0 Å². The number of rotatable bonds is 6. The van der Waals surface area contributed by atoms with Crippen LogP contribution in [0.5, 0.6) is 0 Å². The summed E-state index contributed by atoms with van der Waals surface area (Å²) in [6.07, 6.45) is 7.34. The molecule has 0 aliphatic rings. The van der Waals surface area contributed by atoms with E-state index < -0.39 is 0 Å². The van der Waals surface area contributed by atoms with E-state index >= 15 is 0 Å². The van der Waals surface area contributed by atoms with Gasteiger partial charge >= 0.3 is 0 Å². The number of imidazole rings is 1. The van der Waals surface area contributed by atoms with Crippen molar-refractivity contribution in [2.75, 3.05) is 6.54 Å². The Hall–Kier alpha value is -1.35. The van der Waals surface area contributed by atoms with Gasteiger partial charge in [0.15, 0.2) is 0 Å². The van der Waals surface area contributed by atoms with Crippen molar-refractivity contribution in [1.82, 2.24) is 15.3 Å². The third-order valence-electron chi connectivity index (χ3n) is 2.19. The van der Waals surface area contributed by atoms with Crippen LogP contribution < -0.4 is 5.32 Å². The van der Waals surface area contributed by atoms with E-state index in [1.165, 1.54) is 0 Å². The molecule has 0 spiro atoms. The second-order valence-electron chi connectivity index (χ2n) is 3.24. The van der Waals surface area contributed by atoms with Crippen molar-refractivity contribution in [3.05, 3.63) is 43.5 Å². The Morgan fingerprint density at radius 1 is 1.64 bits per heavy atom. The molecular formula is C11H17N3. The van der Waals surface area contributed by atoms with Crippen molar-refractivity contribution in [3.63, 3.8) is 0 Å². The molecule has 0 aliphatic carbocycles. The lowest BCUT2D eigenvalue weighted by Crippen LogP contribution is -2.27. The van der Waals surface area contributed by atoms with Crippen LogP contribution in [0.1, 0.15) is 18.8 Å². The van der Waals surface area contributed by atoms with Gasteiger partial charge in [-0.05, 0) is 5.92 Å². The quantitative estimate of drug-likeness (QED) is 0.676. The van der Waals surface area contributed by atoms with Crippen molar-refractivity contribution < 1.29 is 0 Å². The molecule has 0 aromatic carbocycles. The monoisotopic (exact) mass is 191 g/mol. The molecule has 2 N–H and O–H groups in total. The molecule has 1 heterocycles. The van der Waals surface area contributed by atoms with Crippen LogP contribution in [0.4, 0.5) is 0 Å². The number of H-pyrrole nitrogens is 1. The number of hydrogen-bond donors (Lipinski definition) is 2. The van der Waals surface area contributed by atoms with Crippen LogP contribution in [-0.4, -0.2) is 16.5 Å². The maximum absolute atomic E-state index is 4.24. The minimum Gasteiger partial charge on any atom is -0.347 e. The molecule has 3 nitrogen and oxygen atoms in total. The van der Waals surface area contributed by atoms with Crippen LogP contribution in [0, 0.1) is 5.92 Å². The summed E-state index contributed by atoms with van der Waals surface area (Å²) >= 11 is 0. The first kappa shape index (κ1) is 10.7. The largest absolute Gasteiger partial charge is 0.347 e. The summed E-state index contributed by atoms with van der Waals surface area (Å²) in [5, 5.41) is 3.34. The van der Waals surface area contributed by atoms with E-state index in [0.717, 1.165) is 12.4 Å². The number of nitrogens with zero attached hydrogens (tertiary/aromatic N) is 1. The van der Waals surface area contributed by atoms with Gasteiger partial charge in [-0.3, -0.25) is 0 Å². The Balaban J connectivity index is 2.71. The van der Waals surface area contributed by atoms with Crippen molar-refractivity contribution in [3.8, 4) is 0 Å². The molecule has 0 saturated carbocycles. The molecule has 0 saturated heterocycles. The third-order valence-corrected chi connectivity index (χ3v) is 2.19. The first-order chi connectivity index (χ1) is 6.79. The van der Waals surface area contributed by atoms with Crippen molar-refractivity contribution in [2.45, 2.75) is 13.0 Å². The average molecular weight is 191 g/mol. The lowest BCUT2D eigenvalue weighted by atomic mass is 10.0. The van der Waals surface area contributed by atoms with Gasteiger partial charge in [0, 0.05) is 18.9 Å². The molecule has 0 aliphatic heterocycles. The Morgan fingerprint density at radius 2 is 2.43 bits per heavy atom. The fraction of sp³-hybridized carbons (Fsp3) is 0.364. The molecular weight excluding hydrogens is 174 g/mol. The standard InChI is InChI=1S/C11H17N3/c1-4-6-12-10(9(3)5-2)11-13-7-8-14-11/h4-5,7-10,12H,1-2,6H2,3H3,(H,13,14)/t9-,10-/m1/s1. The highest BCUT2D eigenvalue weighted by Gasteiger charge is 2.17. The number of nitrogens with one attached hydrogen (secondary N) is 2. The van der Waals surface area contributed by atoms with Gasteiger partial charge in [0.05, 0.1) is 6.04 Å². The highest BCUT2D eigenvalue weighted by molar-refractivity contribution is 5.02. The molecule has 0 amide bonds. The van der Waals surface area contributed by atoms with Crippen LogP contribution in [0.2, 0.25) is 0 Å². The molecule has 1 rings (SSSR count). The molecule has 1 aromatic heterocycles. The number of aromatic amines is 1. The van der Waals surface area contributed by atoms with Gasteiger partial charge in [0.2, 0.25) is 0 Å². The molecule has 76 valence electrons. The Morgan fingerprint density at radius 3 is 2.93 bits per heavy atom. The maximum atomic E-state index is 4.24. The van der Waals surface area contributed by atoms with Crippen LogP contribution in [0.3, 0.4) is 0 Å². The fourth-order valence-electron chi connectivity index (χ4n) is 1.33. The number of hydrogen-bond acceptors (Lipinski definition) is 2. The Labute approximate surface area is 85.0 Å². The summed E-state index contributed by atoms with van der Waals surface area (Å²) in [7, 11) is 0. The third kappa shape index (κ3) is 2.57. The van der Waals surface area contributed by atoms with Crippen LogP contribution in [0.25, 0.3) is 0 Å². The van der Waals surface area contributed by atoms with Gasteiger partial charge in [-0.1, -0.05) is 19.1 Å². The number of aromatic nitrogens is 2. The normalized spacial score (nSPS) is 14.6. The van der Waals surface area contributed by atoms with Crippen LogP contribution >= 0.6 is 0 Å². The molecule has 0 bridgehead atoms. The van der Waals surface area contributed by atoms with Crippen LogP contribution in [-0.2, 0) is 0 Å². The fourth-order valence-corrected chi connectivity index (χ4v) is 1.33. The molecule has 0 fully saturated rings. The van der Waals surface area contributed by atoms with Gasteiger partial charge in [-0.15, -0.1) is 13.2 Å². The van der Waals surface area contributed by atoms with E-state index in [1.807, 2.05) is 18.3 Å². The zero-order chi connectivity index (χ0) is 10.4. The molecule has 3 heteroatoms. The Kier molecular flexibility index (Phi) is 4.13. The van der Waals surface area contributed by atoms with Crippen LogP contribution in [0.15, 0.2) is 37.7 Å². The van der Waals surface area contributed by atoms with Gasteiger partial charge in [0.1, 0.15) is 5.82 Å². The van der Waals surface area contributed by atoms with Gasteiger partial charge < -0.3 is 10.3 Å². The average Bonchev–Trinajstić information content (AvgIpc) is 2.71. The lowest BCUT2D eigenvalue weighted by Gasteiger charge is -2.19. The van der Waals surface area contributed by atoms with E-state index in [0.29, 0.717) is 5.92 Å². The van der Waals surface area contributed by atoms with Crippen molar-refractivity contribution in [2.24, 2.45) is 5.92 Å². The minimum absolute atomic E-state index is 0.181. The van der Waals surface area contributed by atoms with Gasteiger partial charge in [0.25, 0.3) is 0 Å². The molecule has 2 atom stereocenters. The predicted molar refractivity (Wildman–Crippen MR) is 58.9 cm³/mol. The topological polar surface area (TPSA) is 40.7 Å². The zero-order valence-electron chi connectivity index (χ0n) is 8.53. The molecule has 1 aromatic rings. The van der Waals surface area contributed by atoms with E-state index in [-0.39, 0.29) is 6.04 Å². The summed E-state index contributed by atoms with van der Waals surface area (Å²) in [6.45, 7) is 10.3. The smallest absolute Gasteiger partial charge is 0.123 e. The van der Waals surface area contributed by atoms with Gasteiger partial charge in [-0.2, -0.15) is 0 Å². The molecule has 0 unspecified atom stereocenters. The summed E-state index contributed by atoms with van der Waals surface area (Å²) in [4.78, 5) is 7.34.